The number of hydrogen-bond donors (Lipinski definition) is 1. The molecule has 0 radical (unpaired) electrons. The summed E-state index contributed by atoms with van der Waals surface area (Å²) in [4.78, 5) is -0.127. The van der Waals surface area contributed by atoms with Gasteiger partial charge in [0.15, 0.2) is 0 Å². The first-order valence-electron chi connectivity index (χ1n) is 6.57. The first kappa shape index (κ1) is 18.2. The minimum atomic E-state index is -3.85. The van der Waals surface area contributed by atoms with Crippen LogP contribution < -0.4 is 4.72 Å². The smallest absolute Gasteiger partial charge is 0.240 e. The van der Waals surface area contributed by atoms with Gasteiger partial charge in [0.1, 0.15) is 5.82 Å². The van der Waals surface area contributed by atoms with Crippen LogP contribution in [0.4, 0.5) is 4.39 Å². The van der Waals surface area contributed by atoms with Crippen LogP contribution in [0, 0.1) is 5.82 Å². The maximum absolute atomic E-state index is 13.1. The van der Waals surface area contributed by atoms with Crippen LogP contribution in [0.15, 0.2) is 47.4 Å². The molecule has 23 heavy (non-hydrogen) atoms. The van der Waals surface area contributed by atoms with Crippen LogP contribution in [0.25, 0.3) is 0 Å². The van der Waals surface area contributed by atoms with Crippen molar-refractivity contribution in [1.29, 1.82) is 0 Å². The molecule has 0 saturated heterocycles. The molecule has 0 saturated carbocycles. The Morgan fingerprint density at radius 3 is 2.48 bits per heavy atom. The third-order valence-electron chi connectivity index (χ3n) is 3.20. The molecule has 0 aliphatic carbocycles. The van der Waals surface area contributed by atoms with Crippen molar-refractivity contribution in [3.8, 4) is 0 Å². The molecule has 0 aliphatic rings. The van der Waals surface area contributed by atoms with Crippen molar-refractivity contribution in [3.05, 3.63) is 63.9 Å². The number of hydrogen-bond acceptors (Lipinski definition) is 3. The summed E-state index contributed by atoms with van der Waals surface area (Å²) in [5.74, 6) is -0.684. The van der Waals surface area contributed by atoms with Crippen LogP contribution in [0.3, 0.4) is 0 Å². The normalized spacial score (nSPS) is 13.0. The zero-order valence-electron chi connectivity index (χ0n) is 12.1. The van der Waals surface area contributed by atoms with Crippen LogP contribution in [-0.4, -0.2) is 22.1 Å². The summed E-state index contributed by atoms with van der Waals surface area (Å²) in [6, 6.07) is 10.2. The Morgan fingerprint density at radius 1 is 1.17 bits per heavy atom. The summed E-state index contributed by atoms with van der Waals surface area (Å²) in [7, 11) is -2.39. The number of sulfonamides is 1. The lowest BCUT2D eigenvalue weighted by molar-refractivity contribution is 0.107. The lowest BCUT2D eigenvalue weighted by Gasteiger charge is -2.18. The van der Waals surface area contributed by atoms with E-state index >= 15 is 0 Å². The van der Waals surface area contributed by atoms with Crippen molar-refractivity contribution in [1.82, 2.24) is 4.72 Å². The van der Waals surface area contributed by atoms with E-state index < -0.39 is 21.9 Å². The molecule has 0 fully saturated rings. The second kappa shape index (κ2) is 7.59. The van der Waals surface area contributed by atoms with Gasteiger partial charge in [-0.1, -0.05) is 41.4 Å². The highest BCUT2D eigenvalue weighted by Gasteiger charge is 2.20. The van der Waals surface area contributed by atoms with Crippen LogP contribution >= 0.6 is 23.2 Å². The molecule has 1 unspecified atom stereocenters. The topological polar surface area (TPSA) is 55.4 Å². The molecule has 0 spiro atoms. The number of rotatable bonds is 6. The Morgan fingerprint density at radius 2 is 1.87 bits per heavy atom. The molecule has 0 bridgehead atoms. The highest BCUT2D eigenvalue weighted by Crippen LogP contribution is 2.25. The minimum Gasteiger partial charge on any atom is -0.375 e. The minimum absolute atomic E-state index is 0.0302. The Hall–Kier alpha value is -1.18. The molecular formula is C15H14Cl2FNO3S. The summed E-state index contributed by atoms with van der Waals surface area (Å²) >= 11 is 11.7. The predicted molar refractivity (Wildman–Crippen MR) is 87.8 cm³/mol. The van der Waals surface area contributed by atoms with E-state index in [0.29, 0.717) is 10.6 Å². The summed E-state index contributed by atoms with van der Waals surface area (Å²) < 4.78 is 45.3. The molecule has 0 heterocycles. The predicted octanol–water partition coefficient (Wildman–Crippen LogP) is 3.80. The van der Waals surface area contributed by atoms with Gasteiger partial charge in [0.05, 0.1) is 16.0 Å². The fraction of sp³-hybridized carbons (Fsp3) is 0.200. The van der Waals surface area contributed by atoms with Crippen molar-refractivity contribution in [2.45, 2.75) is 11.0 Å². The third-order valence-corrected chi connectivity index (χ3v) is 5.25. The van der Waals surface area contributed by atoms with Gasteiger partial charge >= 0.3 is 0 Å². The second-order valence-corrected chi connectivity index (χ2v) is 7.26. The summed E-state index contributed by atoms with van der Waals surface area (Å²) in [6.07, 6.45) is -0.561. The molecule has 2 aromatic carbocycles. The Kier molecular flexibility index (Phi) is 6.00. The summed E-state index contributed by atoms with van der Waals surface area (Å²) in [5, 5.41) is 0.214. The zero-order chi connectivity index (χ0) is 17.0. The zero-order valence-corrected chi connectivity index (χ0v) is 14.4. The molecule has 0 aromatic heterocycles. The average Bonchev–Trinajstić information content (AvgIpc) is 2.52. The monoisotopic (exact) mass is 377 g/mol. The molecule has 0 amide bonds. The van der Waals surface area contributed by atoms with Crippen molar-refractivity contribution in [3.63, 3.8) is 0 Å². The first-order chi connectivity index (χ1) is 10.8. The summed E-state index contributed by atoms with van der Waals surface area (Å²) in [5.41, 5.74) is 0.663. The third kappa shape index (κ3) is 4.43. The van der Waals surface area contributed by atoms with Crippen LogP contribution in [0.2, 0.25) is 10.0 Å². The van der Waals surface area contributed by atoms with Crippen molar-refractivity contribution in [2.24, 2.45) is 0 Å². The SMILES string of the molecule is COC(CNS(=O)(=O)c1ccc(F)c(Cl)c1)c1ccccc1Cl. The Balaban J connectivity index is 2.17. The number of methoxy groups -OCH3 is 1. The van der Waals surface area contributed by atoms with E-state index in [1.54, 1.807) is 24.3 Å². The largest absolute Gasteiger partial charge is 0.375 e. The number of halogens is 3. The van der Waals surface area contributed by atoms with E-state index in [0.717, 1.165) is 18.2 Å². The van der Waals surface area contributed by atoms with E-state index in [1.165, 1.54) is 7.11 Å². The lowest BCUT2D eigenvalue weighted by atomic mass is 10.1. The molecule has 124 valence electrons. The van der Waals surface area contributed by atoms with Gasteiger partial charge in [-0.2, -0.15) is 0 Å². The van der Waals surface area contributed by atoms with E-state index in [2.05, 4.69) is 4.72 Å². The van der Waals surface area contributed by atoms with Crippen LogP contribution in [0.1, 0.15) is 11.7 Å². The molecule has 8 heteroatoms. The maximum atomic E-state index is 13.1. The molecule has 1 N–H and O–H groups in total. The maximum Gasteiger partial charge on any atom is 0.240 e. The van der Waals surface area contributed by atoms with Gasteiger partial charge < -0.3 is 4.74 Å². The number of nitrogens with one attached hydrogen (secondary N) is 1. The first-order valence-corrected chi connectivity index (χ1v) is 8.81. The fourth-order valence-electron chi connectivity index (χ4n) is 1.97. The van der Waals surface area contributed by atoms with Gasteiger partial charge in [-0.25, -0.2) is 17.5 Å². The molecular weight excluding hydrogens is 364 g/mol. The van der Waals surface area contributed by atoms with Gasteiger partial charge in [-0.05, 0) is 24.3 Å². The highest BCUT2D eigenvalue weighted by atomic mass is 35.5. The van der Waals surface area contributed by atoms with E-state index in [-0.39, 0.29) is 16.5 Å². The molecule has 2 aromatic rings. The Labute approximate surface area is 144 Å². The van der Waals surface area contributed by atoms with E-state index in [9.17, 15) is 12.8 Å². The van der Waals surface area contributed by atoms with Gasteiger partial charge in [-0.15, -0.1) is 0 Å². The fourth-order valence-corrected chi connectivity index (χ4v) is 3.53. The second-order valence-electron chi connectivity index (χ2n) is 4.67. The number of ether oxygens (including phenoxy) is 1. The highest BCUT2D eigenvalue weighted by molar-refractivity contribution is 7.89. The number of benzene rings is 2. The van der Waals surface area contributed by atoms with Crippen LogP contribution in [-0.2, 0) is 14.8 Å². The van der Waals surface area contributed by atoms with Crippen molar-refractivity contribution >= 4 is 33.2 Å². The summed E-state index contributed by atoms with van der Waals surface area (Å²) in [6.45, 7) is -0.0302. The average molecular weight is 378 g/mol. The van der Waals surface area contributed by atoms with Gasteiger partial charge in [0, 0.05) is 24.2 Å². The molecule has 1 atom stereocenters. The van der Waals surface area contributed by atoms with Gasteiger partial charge in [0.2, 0.25) is 10.0 Å². The van der Waals surface area contributed by atoms with Crippen molar-refractivity contribution in [2.75, 3.05) is 13.7 Å². The molecule has 0 aliphatic heterocycles. The standard InChI is InChI=1S/C15H14Cl2FNO3S/c1-22-15(11-4-2-3-5-12(11)16)9-19-23(20,21)10-6-7-14(18)13(17)8-10/h2-8,15,19H,9H2,1H3. The van der Waals surface area contributed by atoms with E-state index in [1.807, 2.05) is 0 Å². The van der Waals surface area contributed by atoms with Crippen LogP contribution in [0.5, 0.6) is 0 Å². The molecule has 4 nitrogen and oxygen atoms in total. The quantitative estimate of drug-likeness (QED) is 0.832. The Bertz CT molecular complexity index is 799. The van der Waals surface area contributed by atoms with Crippen molar-refractivity contribution < 1.29 is 17.5 Å². The van der Waals surface area contributed by atoms with Gasteiger partial charge in [0.25, 0.3) is 0 Å². The lowest BCUT2D eigenvalue weighted by Crippen LogP contribution is -2.29. The van der Waals surface area contributed by atoms with E-state index in [4.69, 9.17) is 27.9 Å². The van der Waals surface area contributed by atoms with Gasteiger partial charge in [-0.3, -0.25) is 0 Å². The molecule has 2 rings (SSSR count).